The summed E-state index contributed by atoms with van der Waals surface area (Å²) < 4.78 is 37.4. The first-order valence-electron chi connectivity index (χ1n) is 7.34. The highest BCUT2D eigenvalue weighted by atomic mass is 32.1. The van der Waals surface area contributed by atoms with Gasteiger partial charge in [-0.3, -0.25) is 14.4 Å². The van der Waals surface area contributed by atoms with E-state index in [1.165, 1.54) is 4.90 Å². The zero-order valence-electron chi connectivity index (χ0n) is 13.4. The average Bonchev–Trinajstić information content (AvgIpc) is 2.83. The minimum Gasteiger partial charge on any atom is -0.481 e. The number of aliphatic carboxylic acids is 1. The van der Waals surface area contributed by atoms with E-state index in [2.05, 4.69) is 4.98 Å². The van der Waals surface area contributed by atoms with E-state index in [4.69, 9.17) is 5.11 Å². The molecule has 2 heterocycles. The highest BCUT2D eigenvalue weighted by Crippen LogP contribution is 2.25. The number of hydrogen-bond acceptors (Lipinski definition) is 5. The van der Waals surface area contributed by atoms with E-state index in [0.29, 0.717) is 15.6 Å². The first-order chi connectivity index (χ1) is 11.5. The van der Waals surface area contributed by atoms with E-state index in [9.17, 15) is 27.6 Å². The number of alkyl halides is 3. The van der Waals surface area contributed by atoms with Crippen LogP contribution >= 0.6 is 11.3 Å². The van der Waals surface area contributed by atoms with Crippen LogP contribution in [0.25, 0.3) is 0 Å². The van der Waals surface area contributed by atoms with E-state index < -0.39 is 35.9 Å². The second-order valence-corrected chi connectivity index (χ2v) is 6.91. The SMILES string of the molecule is Cc1nc(C)c(C(=O)N2CCC(C(=O)O)C(NC(=O)C(F)(F)F)C2)s1. The van der Waals surface area contributed by atoms with Gasteiger partial charge in [-0.05, 0) is 20.3 Å². The smallest absolute Gasteiger partial charge is 0.471 e. The number of piperidine rings is 1. The van der Waals surface area contributed by atoms with E-state index >= 15 is 0 Å². The van der Waals surface area contributed by atoms with Crippen LogP contribution < -0.4 is 5.32 Å². The number of likely N-dealkylation sites (tertiary alicyclic amines) is 1. The minimum atomic E-state index is -5.12. The zero-order chi connectivity index (χ0) is 18.9. The maximum Gasteiger partial charge on any atom is 0.471 e. The van der Waals surface area contributed by atoms with Gasteiger partial charge in [0.2, 0.25) is 0 Å². The predicted molar refractivity (Wildman–Crippen MR) is 81.2 cm³/mol. The molecule has 1 aliphatic heterocycles. The molecule has 1 aliphatic rings. The number of amides is 2. The molecule has 0 aliphatic carbocycles. The highest BCUT2D eigenvalue weighted by Gasteiger charge is 2.44. The Labute approximate surface area is 144 Å². The Hall–Kier alpha value is -2.17. The van der Waals surface area contributed by atoms with Crippen molar-refractivity contribution in [2.45, 2.75) is 32.5 Å². The quantitative estimate of drug-likeness (QED) is 0.826. The number of aryl methyl sites for hydroxylation is 2. The number of carbonyl (C=O) groups is 3. The molecule has 2 unspecified atom stereocenters. The lowest BCUT2D eigenvalue weighted by Crippen LogP contribution is -2.57. The van der Waals surface area contributed by atoms with Gasteiger partial charge in [-0.1, -0.05) is 0 Å². The molecule has 7 nitrogen and oxygen atoms in total. The lowest BCUT2D eigenvalue weighted by molar-refractivity contribution is -0.175. The minimum absolute atomic E-state index is 0.0549. The van der Waals surface area contributed by atoms with E-state index in [-0.39, 0.29) is 19.5 Å². The molecule has 11 heteroatoms. The van der Waals surface area contributed by atoms with Gasteiger partial charge in [0.15, 0.2) is 0 Å². The molecular weight excluding hydrogens is 363 g/mol. The van der Waals surface area contributed by atoms with Crippen LogP contribution in [0.4, 0.5) is 13.2 Å². The van der Waals surface area contributed by atoms with Gasteiger partial charge >= 0.3 is 18.1 Å². The number of carboxylic acid groups (broad SMARTS) is 1. The number of halogens is 3. The molecule has 2 N–H and O–H groups in total. The van der Waals surface area contributed by atoms with Crippen LogP contribution in [0.2, 0.25) is 0 Å². The van der Waals surface area contributed by atoms with Gasteiger partial charge < -0.3 is 15.3 Å². The lowest BCUT2D eigenvalue weighted by Gasteiger charge is -2.37. The van der Waals surface area contributed by atoms with Crippen LogP contribution in [-0.2, 0) is 9.59 Å². The van der Waals surface area contributed by atoms with Crippen LogP contribution in [0.5, 0.6) is 0 Å². The molecule has 0 spiro atoms. The van der Waals surface area contributed by atoms with Gasteiger partial charge in [0.05, 0.1) is 22.7 Å². The predicted octanol–water partition coefficient (Wildman–Crippen LogP) is 1.35. The summed E-state index contributed by atoms with van der Waals surface area (Å²) in [6.45, 7) is 3.12. The van der Waals surface area contributed by atoms with Crippen molar-refractivity contribution in [3.63, 3.8) is 0 Å². The Morgan fingerprint density at radius 1 is 1.32 bits per heavy atom. The van der Waals surface area contributed by atoms with Crippen LogP contribution in [0, 0.1) is 19.8 Å². The number of nitrogens with one attached hydrogen (secondary N) is 1. The number of carboxylic acids is 1. The molecule has 2 atom stereocenters. The summed E-state index contributed by atoms with van der Waals surface area (Å²) >= 11 is 1.16. The molecular formula is C14H16F3N3O4S. The Morgan fingerprint density at radius 3 is 2.44 bits per heavy atom. The van der Waals surface area contributed by atoms with Gasteiger partial charge in [-0.2, -0.15) is 13.2 Å². The molecule has 0 saturated carbocycles. The normalized spacial score (nSPS) is 21.1. The van der Waals surface area contributed by atoms with Crippen molar-refractivity contribution < 1.29 is 32.7 Å². The van der Waals surface area contributed by atoms with Crippen molar-refractivity contribution >= 4 is 29.1 Å². The van der Waals surface area contributed by atoms with Crippen molar-refractivity contribution in [3.05, 3.63) is 15.6 Å². The van der Waals surface area contributed by atoms with Crippen molar-refractivity contribution in [3.8, 4) is 0 Å². The molecule has 1 aromatic heterocycles. The standard InChI is InChI=1S/C14H16F3N3O4S/c1-6-10(25-7(2)18-6)11(21)20-4-3-8(12(22)23)9(5-20)19-13(24)14(15,16)17/h8-9H,3-5H2,1-2H3,(H,19,24)(H,22,23). The molecule has 1 saturated heterocycles. The van der Waals surface area contributed by atoms with E-state index in [1.54, 1.807) is 19.2 Å². The summed E-state index contributed by atoms with van der Waals surface area (Å²) in [5.41, 5.74) is 0.503. The van der Waals surface area contributed by atoms with Gasteiger partial charge in [-0.15, -0.1) is 11.3 Å². The second kappa shape index (κ2) is 6.98. The van der Waals surface area contributed by atoms with Crippen molar-refractivity contribution in [2.75, 3.05) is 13.1 Å². The molecule has 1 fully saturated rings. The van der Waals surface area contributed by atoms with Gasteiger partial charge in [0, 0.05) is 13.1 Å². The summed E-state index contributed by atoms with van der Waals surface area (Å²) in [4.78, 5) is 40.7. The fourth-order valence-corrected chi connectivity index (χ4v) is 3.59. The Kier molecular flexibility index (Phi) is 5.35. The molecule has 1 aromatic rings. The maximum atomic E-state index is 12.6. The Bertz CT molecular complexity index is 704. The Balaban J connectivity index is 2.18. The molecule has 2 amide bonds. The third kappa shape index (κ3) is 4.27. The van der Waals surface area contributed by atoms with Crippen molar-refractivity contribution in [1.82, 2.24) is 15.2 Å². The summed E-state index contributed by atoms with van der Waals surface area (Å²) in [5, 5.41) is 11.5. The molecule has 0 bridgehead atoms. The average molecular weight is 379 g/mol. The third-order valence-electron chi connectivity index (χ3n) is 3.89. The van der Waals surface area contributed by atoms with Gasteiger partial charge in [0.1, 0.15) is 4.88 Å². The van der Waals surface area contributed by atoms with Gasteiger partial charge in [0.25, 0.3) is 5.91 Å². The molecule has 138 valence electrons. The second-order valence-electron chi connectivity index (χ2n) is 5.71. The first-order valence-corrected chi connectivity index (χ1v) is 8.16. The van der Waals surface area contributed by atoms with Crippen LogP contribution in [0.1, 0.15) is 26.8 Å². The first kappa shape index (κ1) is 19.2. The third-order valence-corrected chi connectivity index (χ3v) is 4.95. The number of hydrogen-bond donors (Lipinski definition) is 2. The maximum absolute atomic E-state index is 12.6. The fourth-order valence-electron chi connectivity index (χ4n) is 2.70. The number of rotatable bonds is 3. The molecule has 25 heavy (non-hydrogen) atoms. The number of aromatic nitrogens is 1. The topological polar surface area (TPSA) is 99.6 Å². The lowest BCUT2D eigenvalue weighted by atomic mass is 9.91. The summed E-state index contributed by atoms with van der Waals surface area (Å²) in [6.07, 6.45) is -5.18. The van der Waals surface area contributed by atoms with E-state index in [0.717, 1.165) is 11.3 Å². The fraction of sp³-hybridized carbons (Fsp3) is 0.571. The monoisotopic (exact) mass is 379 g/mol. The molecule has 0 radical (unpaired) electrons. The van der Waals surface area contributed by atoms with Crippen LogP contribution in [0.3, 0.4) is 0 Å². The zero-order valence-corrected chi connectivity index (χ0v) is 14.2. The van der Waals surface area contributed by atoms with Crippen LogP contribution in [0.15, 0.2) is 0 Å². The van der Waals surface area contributed by atoms with E-state index in [1.807, 2.05) is 0 Å². The van der Waals surface area contributed by atoms with Crippen molar-refractivity contribution in [2.24, 2.45) is 5.92 Å². The number of nitrogens with zero attached hydrogens (tertiary/aromatic N) is 2. The Morgan fingerprint density at radius 2 is 1.96 bits per heavy atom. The summed E-state index contributed by atoms with van der Waals surface area (Å²) in [6, 6.07) is -1.32. The van der Waals surface area contributed by atoms with Crippen LogP contribution in [-0.4, -0.2) is 58.1 Å². The molecule has 2 rings (SSSR count). The summed E-state index contributed by atoms with van der Waals surface area (Å²) in [5.74, 6) is -5.16. The largest absolute Gasteiger partial charge is 0.481 e. The number of carbonyl (C=O) groups excluding carboxylic acids is 2. The molecule has 0 aromatic carbocycles. The number of thiazole rings is 1. The summed E-state index contributed by atoms with van der Waals surface area (Å²) in [7, 11) is 0. The van der Waals surface area contributed by atoms with Crippen molar-refractivity contribution in [1.29, 1.82) is 0 Å². The van der Waals surface area contributed by atoms with Gasteiger partial charge in [-0.25, -0.2) is 4.98 Å². The highest BCUT2D eigenvalue weighted by molar-refractivity contribution is 7.13.